The van der Waals surface area contributed by atoms with Crippen molar-refractivity contribution in [3.8, 4) is 0 Å². The Morgan fingerprint density at radius 1 is 1.19 bits per heavy atom. The molecule has 2 aromatic carbocycles. The van der Waals surface area contributed by atoms with E-state index in [0.717, 1.165) is 54.8 Å². The molecule has 2 aliphatic heterocycles. The van der Waals surface area contributed by atoms with Gasteiger partial charge in [-0.15, -0.1) is 24.0 Å². The SMILES string of the molecule is CN=C(NCC1CC(=O)Nc2ccccc21)NCC1(c2cccc(Cl)c2)CCOCC1.I. The van der Waals surface area contributed by atoms with Gasteiger partial charge in [0.25, 0.3) is 0 Å². The Bertz CT molecular complexity index is 963. The van der Waals surface area contributed by atoms with Crippen LogP contribution in [0.4, 0.5) is 5.69 Å². The summed E-state index contributed by atoms with van der Waals surface area (Å²) in [5.41, 5.74) is 3.22. The van der Waals surface area contributed by atoms with Gasteiger partial charge in [0.1, 0.15) is 0 Å². The Hall–Kier alpha value is -1.84. The number of nitrogens with zero attached hydrogens (tertiary/aromatic N) is 1. The minimum absolute atomic E-state index is 0. The summed E-state index contributed by atoms with van der Waals surface area (Å²) in [7, 11) is 1.77. The summed E-state index contributed by atoms with van der Waals surface area (Å²) in [6.45, 7) is 2.83. The van der Waals surface area contributed by atoms with Crippen molar-refractivity contribution >= 4 is 53.1 Å². The molecule has 0 spiro atoms. The number of guanidine groups is 1. The lowest BCUT2D eigenvalue weighted by Gasteiger charge is -2.38. The van der Waals surface area contributed by atoms with Gasteiger partial charge in [-0.3, -0.25) is 9.79 Å². The standard InChI is InChI=1S/C24H29ClN4O2.HI/c1-26-23(27-15-17-13-22(30)29-21-8-3-2-7-20(17)21)28-16-24(9-11-31-12-10-24)18-5-4-6-19(25)14-18;/h2-8,14,17H,9-13,15-16H2,1H3,(H,29,30)(H2,26,27,28);1H. The van der Waals surface area contributed by atoms with Crippen LogP contribution in [0, 0.1) is 0 Å². The summed E-state index contributed by atoms with van der Waals surface area (Å²) < 4.78 is 5.64. The van der Waals surface area contributed by atoms with Gasteiger partial charge in [-0.1, -0.05) is 41.9 Å². The highest BCUT2D eigenvalue weighted by Gasteiger charge is 2.35. The molecule has 2 aliphatic rings. The smallest absolute Gasteiger partial charge is 0.225 e. The van der Waals surface area contributed by atoms with Crippen LogP contribution in [0.2, 0.25) is 5.02 Å². The number of fused-ring (bicyclic) bond motifs is 1. The first-order valence-corrected chi connectivity index (χ1v) is 11.1. The fourth-order valence-electron chi connectivity index (χ4n) is 4.53. The van der Waals surface area contributed by atoms with Crippen molar-refractivity contribution < 1.29 is 9.53 Å². The molecule has 0 bridgehead atoms. The molecule has 2 aromatic rings. The van der Waals surface area contributed by atoms with E-state index in [0.29, 0.717) is 13.0 Å². The van der Waals surface area contributed by atoms with E-state index in [1.54, 1.807) is 7.05 Å². The van der Waals surface area contributed by atoms with E-state index in [1.807, 2.05) is 30.3 Å². The zero-order chi connectivity index (χ0) is 21.7. The Kier molecular flexibility index (Phi) is 8.79. The summed E-state index contributed by atoms with van der Waals surface area (Å²) in [5, 5.41) is 10.6. The molecule has 1 fully saturated rings. The third-order valence-electron chi connectivity index (χ3n) is 6.33. The van der Waals surface area contributed by atoms with Crippen LogP contribution in [0.25, 0.3) is 0 Å². The largest absolute Gasteiger partial charge is 0.381 e. The van der Waals surface area contributed by atoms with Gasteiger partial charge in [-0.05, 0) is 42.2 Å². The summed E-state index contributed by atoms with van der Waals surface area (Å²) in [6.07, 6.45) is 2.31. The van der Waals surface area contributed by atoms with Crippen LogP contribution in [0.15, 0.2) is 53.5 Å². The average molecular weight is 569 g/mol. The first-order chi connectivity index (χ1) is 15.1. The van der Waals surface area contributed by atoms with Gasteiger partial charge < -0.3 is 20.7 Å². The maximum atomic E-state index is 12.1. The summed E-state index contributed by atoms with van der Waals surface area (Å²) in [5.74, 6) is 0.889. The number of amides is 1. The number of carbonyl (C=O) groups is 1. The molecule has 0 radical (unpaired) electrons. The second kappa shape index (κ2) is 11.3. The molecular weight excluding hydrogens is 539 g/mol. The predicted octanol–water partition coefficient (Wildman–Crippen LogP) is 4.30. The Labute approximate surface area is 211 Å². The Morgan fingerprint density at radius 3 is 2.72 bits per heavy atom. The van der Waals surface area contributed by atoms with Crippen LogP contribution in [0.5, 0.6) is 0 Å². The molecule has 8 heteroatoms. The van der Waals surface area contributed by atoms with Crippen molar-refractivity contribution in [1.29, 1.82) is 0 Å². The van der Waals surface area contributed by atoms with E-state index < -0.39 is 0 Å². The van der Waals surface area contributed by atoms with E-state index in [2.05, 4.69) is 39.1 Å². The van der Waals surface area contributed by atoms with E-state index in [1.165, 1.54) is 5.56 Å². The number of halogens is 2. The molecule has 4 rings (SSSR count). The fourth-order valence-corrected chi connectivity index (χ4v) is 4.72. The molecule has 1 saturated heterocycles. The lowest BCUT2D eigenvalue weighted by Crippen LogP contribution is -2.48. The zero-order valence-corrected chi connectivity index (χ0v) is 21.3. The summed E-state index contributed by atoms with van der Waals surface area (Å²) in [6, 6.07) is 16.1. The maximum Gasteiger partial charge on any atom is 0.225 e. The predicted molar refractivity (Wildman–Crippen MR) is 140 cm³/mol. The van der Waals surface area contributed by atoms with Crippen molar-refractivity contribution in [2.45, 2.75) is 30.6 Å². The molecular formula is C24H30ClIN4O2. The second-order valence-electron chi connectivity index (χ2n) is 8.25. The second-order valence-corrected chi connectivity index (χ2v) is 8.68. The third-order valence-corrected chi connectivity index (χ3v) is 6.56. The number of benzene rings is 2. The molecule has 0 aliphatic carbocycles. The van der Waals surface area contributed by atoms with E-state index >= 15 is 0 Å². The Balaban J connectivity index is 0.00000289. The highest BCUT2D eigenvalue weighted by molar-refractivity contribution is 14.0. The molecule has 2 heterocycles. The number of hydrogen-bond donors (Lipinski definition) is 3. The van der Waals surface area contributed by atoms with Crippen molar-refractivity contribution in [3.63, 3.8) is 0 Å². The topological polar surface area (TPSA) is 74.8 Å². The molecule has 0 aromatic heterocycles. The van der Waals surface area contributed by atoms with Crippen molar-refractivity contribution in [1.82, 2.24) is 10.6 Å². The minimum atomic E-state index is -0.0574. The third kappa shape index (κ3) is 5.74. The molecule has 1 amide bonds. The normalized spacial score (nSPS) is 19.9. The first-order valence-electron chi connectivity index (χ1n) is 10.8. The van der Waals surface area contributed by atoms with Crippen LogP contribution in [0.1, 0.15) is 36.3 Å². The maximum absolute atomic E-state index is 12.1. The van der Waals surface area contributed by atoms with Crippen LogP contribution in [0.3, 0.4) is 0 Å². The van der Waals surface area contributed by atoms with Gasteiger partial charge >= 0.3 is 0 Å². The molecule has 32 heavy (non-hydrogen) atoms. The number of carbonyl (C=O) groups excluding carboxylic acids is 1. The fraction of sp³-hybridized carbons (Fsp3) is 0.417. The Morgan fingerprint density at radius 2 is 1.97 bits per heavy atom. The van der Waals surface area contributed by atoms with Gasteiger partial charge in [0.2, 0.25) is 5.91 Å². The van der Waals surface area contributed by atoms with E-state index in [-0.39, 0.29) is 41.2 Å². The molecule has 6 nitrogen and oxygen atoms in total. The zero-order valence-electron chi connectivity index (χ0n) is 18.2. The highest BCUT2D eigenvalue weighted by atomic mass is 127. The van der Waals surface area contributed by atoms with Gasteiger partial charge in [0.15, 0.2) is 5.96 Å². The lowest BCUT2D eigenvalue weighted by atomic mass is 9.74. The first kappa shape index (κ1) is 24.8. The molecule has 0 saturated carbocycles. The molecule has 172 valence electrons. The number of hydrogen-bond acceptors (Lipinski definition) is 3. The quantitative estimate of drug-likeness (QED) is 0.286. The van der Waals surface area contributed by atoms with E-state index in [9.17, 15) is 4.79 Å². The van der Waals surface area contributed by atoms with Gasteiger partial charge in [0, 0.05) is 61.8 Å². The lowest BCUT2D eigenvalue weighted by molar-refractivity contribution is -0.116. The van der Waals surface area contributed by atoms with Crippen molar-refractivity contribution in [2.24, 2.45) is 4.99 Å². The number of para-hydroxylation sites is 1. The van der Waals surface area contributed by atoms with Crippen molar-refractivity contribution in [3.05, 3.63) is 64.7 Å². The van der Waals surface area contributed by atoms with Gasteiger partial charge in [0.05, 0.1) is 0 Å². The molecule has 1 atom stereocenters. The summed E-state index contributed by atoms with van der Waals surface area (Å²) >= 11 is 6.28. The minimum Gasteiger partial charge on any atom is -0.381 e. The number of anilines is 1. The number of nitrogens with one attached hydrogen (secondary N) is 3. The summed E-state index contributed by atoms with van der Waals surface area (Å²) in [4.78, 5) is 16.5. The number of aliphatic imine (C=N–C) groups is 1. The van der Waals surface area contributed by atoms with E-state index in [4.69, 9.17) is 16.3 Å². The van der Waals surface area contributed by atoms with Crippen LogP contribution in [-0.2, 0) is 14.9 Å². The van der Waals surface area contributed by atoms with Crippen molar-refractivity contribution in [2.75, 3.05) is 38.7 Å². The van der Waals surface area contributed by atoms with Gasteiger partial charge in [-0.2, -0.15) is 0 Å². The van der Waals surface area contributed by atoms with Crippen LogP contribution in [-0.4, -0.2) is 45.2 Å². The van der Waals surface area contributed by atoms with Crippen LogP contribution < -0.4 is 16.0 Å². The number of rotatable bonds is 5. The molecule has 3 N–H and O–H groups in total. The number of ether oxygens (including phenoxy) is 1. The molecule has 1 unspecified atom stereocenters. The van der Waals surface area contributed by atoms with Crippen LogP contribution >= 0.6 is 35.6 Å². The van der Waals surface area contributed by atoms with Gasteiger partial charge in [-0.25, -0.2) is 0 Å². The highest BCUT2D eigenvalue weighted by Crippen LogP contribution is 2.35. The monoisotopic (exact) mass is 568 g/mol. The average Bonchev–Trinajstić information content (AvgIpc) is 2.79.